The van der Waals surface area contributed by atoms with Crippen LogP contribution in [0.15, 0.2) is 36.4 Å². The number of hydrogen-bond acceptors (Lipinski definition) is 6. The molecule has 4 amide bonds. The van der Waals surface area contributed by atoms with Crippen molar-refractivity contribution in [2.24, 2.45) is 0 Å². The van der Waals surface area contributed by atoms with Gasteiger partial charge in [0.2, 0.25) is 0 Å². The van der Waals surface area contributed by atoms with Gasteiger partial charge in [-0.25, -0.2) is 9.59 Å². The van der Waals surface area contributed by atoms with Crippen LogP contribution >= 0.6 is 0 Å². The summed E-state index contributed by atoms with van der Waals surface area (Å²) in [5.74, 6) is -5.25. The molecule has 10 nitrogen and oxygen atoms in total. The summed E-state index contributed by atoms with van der Waals surface area (Å²) >= 11 is 0. The van der Waals surface area contributed by atoms with Gasteiger partial charge in [0.15, 0.2) is 0 Å². The van der Waals surface area contributed by atoms with Gasteiger partial charge in [-0.2, -0.15) is 0 Å². The molecule has 0 radical (unpaired) electrons. The molecule has 2 aromatic carbocycles. The number of fused-ring (bicyclic) bond motifs is 2. The highest BCUT2D eigenvalue weighted by molar-refractivity contribution is 7.01. The minimum absolute atomic E-state index is 0.131. The molecule has 36 heavy (non-hydrogen) atoms. The van der Waals surface area contributed by atoms with E-state index in [4.69, 9.17) is 0 Å². The molecule has 0 saturated carbocycles. The summed E-state index contributed by atoms with van der Waals surface area (Å²) in [6.07, 6.45) is 0. The van der Waals surface area contributed by atoms with Crippen LogP contribution < -0.4 is 10.4 Å². The molecule has 2 heterocycles. The van der Waals surface area contributed by atoms with Crippen molar-refractivity contribution in [3.05, 3.63) is 58.7 Å². The van der Waals surface area contributed by atoms with Gasteiger partial charge in [0.1, 0.15) is 20.2 Å². The van der Waals surface area contributed by atoms with Crippen molar-refractivity contribution >= 4 is 54.0 Å². The topological polar surface area (TPSA) is 149 Å². The van der Waals surface area contributed by atoms with Gasteiger partial charge in [-0.15, -0.1) is 0 Å². The van der Waals surface area contributed by atoms with Gasteiger partial charge in [-0.3, -0.25) is 29.0 Å². The molecule has 186 valence electrons. The lowest BCUT2D eigenvalue weighted by Gasteiger charge is -2.28. The molecule has 0 fully saturated rings. The lowest BCUT2D eigenvalue weighted by Crippen LogP contribution is -2.55. The zero-order valence-electron chi connectivity index (χ0n) is 20.1. The molecule has 0 bridgehead atoms. The van der Waals surface area contributed by atoms with Gasteiger partial charge in [0, 0.05) is 0 Å². The van der Waals surface area contributed by atoms with Crippen molar-refractivity contribution in [3.8, 4) is 0 Å². The number of carboxylic acids is 2. The van der Waals surface area contributed by atoms with Crippen molar-refractivity contribution in [2.75, 3.05) is 0 Å². The maximum Gasteiger partial charge on any atom is 0.326 e. The molecule has 2 N–H and O–H groups in total. The Hall–Kier alpha value is -4.12. The number of rotatable bonds is 7. The second-order valence-electron chi connectivity index (χ2n) is 9.20. The van der Waals surface area contributed by atoms with E-state index in [0.29, 0.717) is 6.04 Å². The number of benzene rings is 2. The largest absolute Gasteiger partial charge is 0.480 e. The highest BCUT2D eigenvalue weighted by atomic mass is 28.3. The van der Waals surface area contributed by atoms with E-state index in [2.05, 4.69) is 0 Å². The molecule has 0 saturated heterocycles. The summed E-state index contributed by atoms with van der Waals surface area (Å²) in [6, 6.07) is 7.81. The Morgan fingerprint density at radius 1 is 0.722 bits per heavy atom. The summed E-state index contributed by atoms with van der Waals surface area (Å²) < 4.78 is 0. The number of carboxylic acid groups (broad SMARTS) is 2. The fourth-order valence-electron chi connectivity index (χ4n) is 4.70. The zero-order chi connectivity index (χ0) is 26.7. The second kappa shape index (κ2) is 8.52. The quantitative estimate of drug-likeness (QED) is 0.416. The molecule has 2 aliphatic heterocycles. The number of imide groups is 2. The van der Waals surface area contributed by atoms with Crippen molar-refractivity contribution in [1.29, 1.82) is 0 Å². The molecule has 4 rings (SSSR count). The van der Waals surface area contributed by atoms with Crippen LogP contribution in [0.3, 0.4) is 0 Å². The Balaban J connectivity index is 1.76. The first-order chi connectivity index (χ1) is 16.8. The summed E-state index contributed by atoms with van der Waals surface area (Å²) in [7, 11) is -2.60. The van der Waals surface area contributed by atoms with Crippen LogP contribution in [-0.4, -0.2) is 75.7 Å². The lowest BCUT2D eigenvalue weighted by atomic mass is 10.1. The molecule has 2 aromatic rings. The maximum atomic E-state index is 13.0. The summed E-state index contributed by atoms with van der Waals surface area (Å²) in [4.78, 5) is 75.7. The van der Waals surface area contributed by atoms with Crippen molar-refractivity contribution < 1.29 is 39.0 Å². The van der Waals surface area contributed by atoms with E-state index in [0.717, 1.165) is 20.2 Å². The Kier molecular flexibility index (Phi) is 5.91. The van der Waals surface area contributed by atoms with Crippen molar-refractivity contribution in [1.82, 2.24) is 9.80 Å². The van der Waals surface area contributed by atoms with Crippen LogP contribution in [0.5, 0.6) is 0 Å². The van der Waals surface area contributed by atoms with Crippen LogP contribution in [0.1, 0.15) is 62.2 Å². The second-order valence-corrected chi connectivity index (χ2v) is 13.7. The predicted octanol–water partition coefficient (Wildman–Crippen LogP) is 1.04. The molecule has 0 aromatic heterocycles. The first-order valence-corrected chi connectivity index (χ1v) is 14.1. The lowest BCUT2D eigenvalue weighted by molar-refractivity contribution is -0.141. The monoisotopic (exact) mass is 508 g/mol. The Morgan fingerprint density at radius 2 is 1.06 bits per heavy atom. The van der Waals surface area contributed by atoms with Crippen molar-refractivity contribution in [2.45, 2.75) is 45.4 Å². The van der Waals surface area contributed by atoms with Gasteiger partial charge in [-0.1, -0.05) is 42.0 Å². The average molecular weight is 509 g/mol. The van der Waals surface area contributed by atoms with Crippen LogP contribution in [-0.2, 0) is 9.59 Å². The van der Waals surface area contributed by atoms with E-state index >= 15 is 0 Å². The molecule has 0 spiro atoms. The normalized spacial score (nSPS) is 18.1. The fraction of sp³-hybridized carbons (Fsp3) is 0.280. The van der Waals surface area contributed by atoms with Gasteiger partial charge < -0.3 is 10.2 Å². The van der Waals surface area contributed by atoms with Gasteiger partial charge in [0.25, 0.3) is 23.6 Å². The smallest absolute Gasteiger partial charge is 0.326 e. The van der Waals surface area contributed by atoms with Crippen LogP contribution in [0, 0.1) is 0 Å². The Bertz CT molecular complexity index is 1280. The zero-order valence-corrected chi connectivity index (χ0v) is 21.1. The molecule has 2 atom stereocenters. The predicted molar refractivity (Wildman–Crippen MR) is 129 cm³/mol. The first kappa shape index (κ1) is 25.0. The number of nitrogens with zero attached hydrogens (tertiary/aromatic N) is 2. The molecular formula is C25H24N2O8Si. The molecule has 2 aliphatic rings. The van der Waals surface area contributed by atoms with Crippen molar-refractivity contribution in [3.63, 3.8) is 0 Å². The number of carbonyl (C=O) groups is 6. The van der Waals surface area contributed by atoms with E-state index in [1.54, 1.807) is 24.3 Å². The van der Waals surface area contributed by atoms with Gasteiger partial charge >= 0.3 is 11.9 Å². The molecule has 2 unspecified atom stereocenters. The third kappa shape index (κ3) is 3.46. The van der Waals surface area contributed by atoms with E-state index in [1.165, 1.54) is 26.0 Å². The highest BCUT2D eigenvalue weighted by Crippen LogP contribution is 2.28. The minimum Gasteiger partial charge on any atom is -0.480 e. The Morgan fingerprint density at radius 3 is 1.36 bits per heavy atom. The van der Waals surface area contributed by atoms with E-state index in [1.807, 2.05) is 13.5 Å². The average Bonchev–Trinajstić information content (AvgIpc) is 3.25. The van der Waals surface area contributed by atoms with Gasteiger partial charge in [0.05, 0.1) is 22.3 Å². The summed E-state index contributed by atoms with van der Waals surface area (Å²) in [5, 5.41) is 20.2. The fourth-order valence-corrected chi connectivity index (χ4v) is 7.68. The first-order valence-electron chi connectivity index (χ1n) is 11.4. The van der Waals surface area contributed by atoms with E-state index in [-0.39, 0.29) is 22.3 Å². The van der Waals surface area contributed by atoms with Crippen LogP contribution in [0.25, 0.3) is 0 Å². The van der Waals surface area contributed by atoms with E-state index < -0.39 is 55.7 Å². The van der Waals surface area contributed by atoms with Crippen LogP contribution in [0.4, 0.5) is 0 Å². The number of carbonyl (C=O) groups excluding carboxylic acids is 4. The SMILES string of the molecule is CC[Si](C)(c1ccc2c(c1)C(=O)N(C(C)C(=O)O)C2=O)c1ccc2c(c1)C(=O)N(C(C)C(=O)O)C2=O. The summed E-state index contributed by atoms with van der Waals surface area (Å²) in [6.45, 7) is 6.53. The van der Waals surface area contributed by atoms with Gasteiger partial charge in [-0.05, 0) is 38.1 Å². The maximum absolute atomic E-state index is 13.0. The number of aliphatic carboxylic acids is 2. The highest BCUT2D eigenvalue weighted by Gasteiger charge is 2.44. The third-order valence-electron chi connectivity index (χ3n) is 7.31. The minimum atomic E-state index is -2.60. The molecule has 11 heteroatoms. The third-order valence-corrected chi connectivity index (χ3v) is 11.9. The molecule has 0 aliphatic carbocycles. The molecular weight excluding hydrogens is 484 g/mol. The number of hydrogen-bond donors (Lipinski definition) is 2. The standard InChI is InChI=1S/C25H24N2O8Si/c1-5-36(4,14-6-8-16-18(10-14)22(30)26(20(16)28)12(2)24(32)33)15-7-9-17-19(11-15)23(31)27(21(17)29)13(3)25(34)35/h6-13H,5H2,1-4H3,(H,32,33)(H,34,35). The number of amides is 4. The summed E-state index contributed by atoms with van der Waals surface area (Å²) in [5.41, 5.74) is 0.535. The van der Waals surface area contributed by atoms with Crippen LogP contribution in [0.2, 0.25) is 12.6 Å². The van der Waals surface area contributed by atoms with E-state index in [9.17, 15) is 39.0 Å². The Labute approximate surface area is 207 Å².